The molecule has 2 aromatic rings. The van der Waals surface area contributed by atoms with Crippen molar-refractivity contribution in [2.24, 2.45) is 5.92 Å². The largest absolute Gasteiger partial charge is 0.497 e. The summed E-state index contributed by atoms with van der Waals surface area (Å²) >= 11 is 0. The van der Waals surface area contributed by atoms with E-state index in [1.165, 1.54) is 4.90 Å². The summed E-state index contributed by atoms with van der Waals surface area (Å²) < 4.78 is 33.2. The lowest BCUT2D eigenvalue weighted by molar-refractivity contribution is -0.123. The molecule has 35 heavy (non-hydrogen) atoms. The Kier molecular flexibility index (Phi) is 7.76. The summed E-state index contributed by atoms with van der Waals surface area (Å²) in [5, 5.41) is 2.86. The molecular weight excluding hydrogens is 466 g/mol. The number of rotatable bonds is 7. The molecular formula is C26H33N3O5S. The Morgan fingerprint density at radius 2 is 1.89 bits per heavy atom. The Morgan fingerprint density at radius 1 is 1.11 bits per heavy atom. The fourth-order valence-corrected chi connectivity index (χ4v) is 6.14. The van der Waals surface area contributed by atoms with Gasteiger partial charge < -0.3 is 15.0 Å². The minimum Gasteiger partial charge on any atom is -0.497 e. The maximum absolute atomic E-state index is 13.2. The van der Waals surface area contributed by atoms with Gasteiger partial charge in [0.1, 0.15) is 12.3 Å². The van der Waals surface area contributed by atoms with Crippen LogP contribution in [0.1, 0.15) is 43.7 Å². The number of hydrogen-bond donors (Lipinski definition) is 1. The highest BCUT2D eigenvalue weighted by Gasteiger charge is 2.30. The number of amides is 2. The summed E-state index contributed by atoms with van der Waals surface area (Å²) in [5.41, 5.74) is 2.28. The van der Waals surface area contributed by atoms with Crippen molar-refractivity contribution in [1.82, 2.24) is 9.62 Å². The van der Waals surface area contributed by atoms with Gasteiger partial charge in [0.05, 0.1) is 12.0 Å². The average Bonchev–Trinajstić information content (AvgIpc) is 3.01. The molecule has 0 atom stereocenters. The van der Waals surface area contributed by atoms with E-state index in [1.54, 1.807) is 29.6 Å². The molecule has 188 valence electrons. The van der Waals surface area contributed by atoms with Crippen LogP contribution in [0.25, 0.3) is 0 Å². The quantitative estimate of drug-likeness (QED) is 0.632. The van der Waals surface area contributed by atoms with E-state index in [4.69, 9.17) is 4.74 Å². The van der Waals surface area contributed by atoms with E-state index in [2.05, 4.69) is 12.2 Å². The van der Waals surface area contributed by atoms with Crippen LogP contribution < -0.4 is 15.0 Å². The van der Waals surface area contributed by atoms with E-state index in [-0.39, 0.29) is 23.3 Å². The number of hydrogen-bond acceptors (Lipinski definition) is 5. The zero-order valence-corrected chi connectivity index (χ0v) is 21.1. The second-order valence-corrected chi connectivity index (χ2v) is 11.3. The number of nitrogens with zero attached hydrogens (tertiary/aromatic N) is 2. The monoisotopic (exact) mass is 499 g/mol. The first kappa shape index (κ1) is 25.2. The molecule has 0 saturated carbocycles. The van der Waals surface area contributed by atoms with Crippen molar-refractivity contribution in [1.29, 1.82) is 0 Å². The molecule has 1 fully saturated rings. The molecule has 1 saturated heterocycles. The zero-order valence-electron chi connectivity index (χ0n) is 20.3. The summed E-state index contributed by atoms with van der Waals surface area (Å²) in [6, 6.07) is 12.3. The van der Waals surface area contributed by atoms with E-state index in [0.29, 0.717) is 56.3 Å². The summed E-state index contributed by atoms with van der Waals surface area (Å²) in [7, 11) is -2.00. The first-order valence-electron chi connectivity index (χ1n) is 12.1. The highest BCUT2D eigenvalue weighted by molar-refractivity contribution is 7.89. The number of sulfonamides is 1. The number of fused-ring (bicyclic) bond motifs is 1. The van der Waals surface area contributed by atoms with Gasteiger partial charge in [0, 0.05) is 31.7 Å². The molecule has 0 unspecified atom stereocenters. The Morgan fingerprint density at radius 3 is 2.63 bits per heavy atom. The first-order valence-corrected chi connectivity index (χ1v) is 13.5. The van der Waals surface area contributed by atoms with E-state index >= 15 is 0 Å². The van der Waals surface area contributed by atoms with Gasteiger partial charge in [0.2, 0.25) is 21.8 Å². The summed E-state index contributed by atoms with van der Waals surface area (Å²) in [4.78, 5) is 27.3. The SMILES string of the molecule is COc1cccc(CNC(=O)CN2C(=O)CCCc3cc(S(=O)(=O)N4CCC(C)CC4)ccc32)c1. The maximum Gasteiger partial charge on any atom is 0.243 e. The summed E-state index contributed by atoms with van der Waals surface area (Å²) in [5.74, 6) is 0.815. The number of carbonyl (C=O) groups excluding carboxylic acids is 2. The van der Waals surface area contributed by atoms with Gasteiger partial charge >= 0.3 is 0 Å². The molecule has 9 heteroatoms. The molecule has 0 aromatic heterocycles. The van der Waals surface area contributed by atoms with E-state index in [9.17, 15) is 18.0 Å². The van der Waals surface area contributed by atoms with Crippen LogP contribution >= 0.6 is 0 Å². The smallest absolute Gasteiger partial charge is 0.243 e. The lowest BCUT2D eigenvalue weighted by atomic mass is 10.0. The number of piperidine rings is 1. The number of benzene rings is 2. The van der Waals surface area contributed by atoms with Gasteiger partial charge in [-0.2, -0.15) is 4.31 Å². The van der Waals surface area contributed by atoms with Crippen molar-refractivity contribution in [2.45, 2.75) is 50.5 Å². The van der Waals surface area contributed by atoms with Crippen LogP contribution in [-0.2, 0) is 32.6 Å². The molecule has 2 heterocycles. The maximum atomic E-state index is 13.2. The predicted molar refractivity (Wildman–Crippen MR) is 134 cm³/mol. The topological polar surface area (TPSA) is 96.0 Å². The molecule has 4 rings (SSSR count). The highest BCUT2D eigenvalue weighted by Crippen LogP contribution is 2.31. The van der Waals surface area contributed by atoms with E-state index in [1.807, 2.05) is 24.3 Å². The Balaban J connectivity index is 1.49. The van der Waals surface area contributed by atoms with Gasteiger partial charge in [-0.3, -0.25) is 9.59 Å². The van der Waals surface area contributed by atoms with Gasteiger partial charge in [-0.25, -0.2) is 8.42 Å². The number of aryl methyl sites for hydroxylation is 1. The minimum absolute atomic E-state index is 0.119. The van der Waals surface area contributed by atoms with Gasteiger partial charge in [-0.15, -0.1) is 0 Å². The van der Waals surface area contributed by atoms with Crippen molar-refractivity contribution in [2.75, 3.05) is 31.6 Å². The number of anilines is 1. The average molecular weight is 500 g/mol. The molecule has 0 aliphatic carbocycles. The zero-order chi connectivity index (χ0) is 25.0. The predicted octanol–water partition coefficient (Wildman–Crippen LogP) is 3.10. The molecule has 1 N–H and O–H groups in total. The molecule has 2 amide bonds. The van der Waals surface area contributed by atoms with Crippen molar-refractivity contribution < 1.29 is 22.7 Å². The van der Waals surface area contributed by atoms with Crippen LogP contribution in [0.4, 0.5) is 5.69 Å². The first-order chi connectivity index (χ1) is 16.8. The molecule has 0 bridgehead atoms. The summed E-state index contributed by atoms with van der Waals surface area (Å²) in [6.07, 6.45) is 3.22. The lowest BCUT2D eigenvalue weighted by Crippen LogP contribution is -2.40. The van der Waals surface area contributed by atoms with E-state index < -0.39 is 10.0 Å². The second kappa shape index (κ2) is 10.8. The molecule has 8 nitrogen and oxygen atoms in total. The van der Waals surface area contributed by atoms with Gasteiger partial charge in [-0.1, -0.05) is 19.1 Å². The summed E-state index contributed by atoms with van der Waals surface area (Å²) in [6.45, 7) is 3.39. The third-order valence-corrected chi connectivity index (χ3v) is 8.68. The van der Waals surface area contributed by atoms with Crippen LogP contribution in [0.2, 0.25) is 0 Å². The van der Waals surface area contributed by atoms with Crippen molar-refractivity contribution in [3.8, 4) is 5.75 Å². The molecule has 2 aliphatic rings. The minimum atomic E-state index is -3.59. The van der Waals surface area contributed by atoms with Crippen LogP contribution in [0.3, 0.4) is 0 Å². The van der Waals surface area contributed by atoms with Crippen LogP contribution in [0.5, 0.6) is 5.75 Å². The van der Waals surface area contributed by atoms with Gasteiger partial charge in [0.25, 0.3) is 0 Å². The van der Waals surface area contributed by atoms with Crippen molar-refractivity contribution in [3.05, 3.63) is 53.6 Å². The normalized spacial score (nSPS) is 17.5. The number of methoxy groups -OCH3 is 1. The second-order valence-electron chi connectivity index (χ2n) is 9.34. The Hall–Kier alpha value is -2.91. The molecule has 2 aromatic carbocycles. The Labute approximate surface area is 207 Å². The number of ether oxygens (including phenoxy) is 1. The number of carbonyl (C=O) groups is 2. The fraction of sp³-hybridized carbons (Fsp3) is 0.462. The molecule has 0 radical (unpaired) electrons. The van der Waals surface area contributed by atoms with Crippen molar-refractivity contribution in [3.63, 3.8) is 0 Å². The molecule has 2 aliphatic heterocycles. The fourth-order valence-electron chi connectivity index (χ4n) is 4.62. The van der Waals surface area contributed by atoms with Gasteiger partial charge in [-0.05, 0) is 73.1 Å². The molecule has 0 spiro atoms. The highest BCUT2D eigenvalue weighted by atomic mass is 32.2. The van der Waals surface area contributed by atoms with Crippen LogP contribution in [0, 0.1) is 5.92 Å². The number of nitrogens with one attached hydrogen (secondary N) is 1. The van der Waals surface area contributed by atoms with E-state index in [0.717, 1.165) is 24.0 Å². The third-order valence-electron chi connectivity index (χ3n) is 6.79. The van der Waals surface area contributed by atoms with Crippen LogP contribution in [0.15, 0.2) is 47.4 Å². The standard InChI is InChI=1S/C26H33N3O5S/c1-19-11-13-28(14-12-19)35(32,33)23-9-10-24-21(16-23)6-4-8-26(31)29(24)18-25(30)27-17-20-5-3-7-22(15-20)34-2/h3,5,7,9-10,15-16,19H,4,6,8,11-14,17-18H2,1-2H3,(H,27,30). The van der Waals surface area contributed by atoms with Gasteiger partial charge in [0.15, 0.2) is 0 Å². The Bertz CT molecular complexity index is 1190. The van der Waals surface area contributed by atoms with Crippen molar-refractivity contribution >= 4 is 27.5 Å². The third kappa shape index (κ3) is 5.85. The van der Waals surface area contributed by atoms with Crippen LogP contribution in [-0.4, -0.2) is 51.3 Å². The lowest BCUT2D eigenvalue weighted by Gasteiger charge is -2.30.